The minimum absolute atomic E-state index is 0.418. The number of rotatable bonds is 4. The maximum absolute atomic E-state index is 12.0. The second-order valence-corrected chi connectivity index (χ2v) is 4.19. The lowest BCUT2D eigenvalue weighted by molar-refractivity contribution is -0.465. The normalized spacial score (nSPS) is 10.9. The van der Waals surface area contributed by atoms with Gasteiger partial charge in [-0.3, -0.25) is 0 Å². The second-order valence-electron chi connectivity index (χ2n) is 4.19. The highest BCUT2D eigenvalue weighted by Gasteiger charge is 2.10. The highest BCUT2D eigenvalue weighted by Crippen LogP contribution is 2.12. The lowest BCUT2D eigenvalue weighted by Gasteiger charge is -2.16. The van der Waals surface area contributed by atoms with Crippen molar-refractivity contribution in [3.8, 4) is 0 Å². The van der Waals surface area contributed by atoms with Crippen molar-refractivity contribution in [1.29, 1.82) is 0 Å². The van der Waals surface area contributed by atoms with Gasteiger partial charge in [0.15, 0.2) is 0 Å². The summed E-state index contributed by atoms with van der Waals surface area (Å²) in [4.78, 5) is 11.7. The molecule has 2 rings (SSSR count). The number of unbranched alkanes of at least 4 members (excludes halogenated alkanes) is 2. The van der Waals surface area contributed by atoms with Gasteiger partial charge in [0.05, 0.1) is 10.1 Å². The molecule has 1 heterocycles. The first kappa shape index (κ1) is 11.6. The summed E-state index contributed by atoms with van der Waals surface area (Å²) in [6.45, 7) is 2.11. The molecule has 0 radical (unpaired) electrons. The molecule has 0 aliphatic rings. The van der Waals surface area contributed by atoms with Gasteiger partial charge >= 0.3 is 0 Å². The largest absolute Gasteiger partial charge is 0.805 e. The maximum Gasteiger partial charge on any atom is 0.285 e. The molecule has 1 aromatic carbocycles. The number of aryl methyl sites for hydroxylation is 1. The zero-order valence-corrected chi connectivity index (χ0v) is 9.93. The third kappa shape index (κ3) is 2.30. The van der Waals surface area contributed by atoms with E-state index in [4.69, 9.17) is 0 Å². The smallest absolute Gasteiger partial charge is 0.285 e. The molecule has 0 bridgehead atoms. The molecular formula is C13H16N2O2. The number of hydrogen-bond donors (Lipinski definition) is 0. The molecule has 0 spiro atoms. The summed E-state index contributed by atoms with van der Waals surface area (Å²) >= 11 is 0. The van der Waals surface area contributed by atoms with Gasteiger partial charge in [-0.2, -0.15) is 0 Å². The van der Waals surface area contributed by atoms with Crippen molar-refractivity contribution >= 4 is 11.0 Å². The van der Waals surface area contributed by atoms with Gasteiger partial charge in [0.2, 0.25) is 6.20 Å². The van der Waals surface area contributed by atoms with Gasteiger partial charge in [-0.15, -0.1) is 0 Å². The molecule has 0 unspecified atom stereocenters. The fraction of sp³-hybridized carbons (Fsp3) is 0.385. The summed E-state index contributed by atoms with van der Waals surface area (Å²) < 4.78 is 1.66. The van der Waals surface area contributed by atoms with Crippen LogP contribution in [0, 0.1) is 10.1 Å². The van der Waals surface area contributed by atoms with Crippen LogP contribution in [0.1, 0.15) is 31.9 Å². The lowest BCUT2D eigenvalue weighted by Crippen LogP contribution is -2.20. The Hall–Kier alpha value is -1.84. The van der Waals surface area contributed by atoms with Gasteiger partial charge in [0, 0.05) is 11.0 Å². The first-order chi connectivity index (χ1) is 8.24. The van der Waals surface area contributed by atoms with Gasteiger partial charge in [0.25, 0.3) is 5.52 Å². The van der Waals surface area contributed by atoms with Crippen molar-refractivity contribution in [2.24, 2.45) is 0 Å². The number of fused-ring (bicyclic) bond motifs is 1. The molecule has 0 aliphatic carbocycles. The Bertz CT molecular complexity index is 575. The van der Waals surface area contributed by atoms with Crippen LogP contribution in [0.3, 0.4) is 0 Å². The van der Waals surface area contributed by atoms with Crippen molar-refractivity contribution in [2.75, 3.05) is 0 Å². The molecule has 0 fully saturated rings. The summed E-state index contributed by atoms with van der Waals surface area (Å²) in [6, 6.07) is 6.87. The Kier molecular flexibility index (Phi) is 3.42. The Balaban J connectivity index is 2.44. The van der Waals surface area contributed by atoms with E-state index in [1.807, 2.05) is 0 Å². The van der Waals surface area contributed by atoms with Gasteiger partial charge < -0.3 is 9.94 Å². The minimum Gasteiger partial charge on any atom is -0.805 e. The van der Waals surface area contributed by atoms with Crippen molar-refractivity contribution < 1.29 is 4.43 Å². The van der Waals surface area contributed by atoms with Crippen LogP contribution in [0.5, 0.6) is 0 Å². The monoisotopic (exact) mass is 232 g/mol. The third-order valence-corrected chi connectivity index (χ3v) is 2.90. The number of para-hydroxylation sites is 2. The van der Waals surface area contributed by atoms with Crippen LogP contribution in [-0.4, -0.2) is 4.73 Å². The lowest BCUT2D eigenvalue weighted by atomic mass is 10.1. The standard InChI is InChI=1S/C13H16N2O2/c1-2-3-4-7-11-10-14(16)12-8-5-6-9-13(12)15(11)17/h5-6,8-10H,2-4,7H2,1H3. The van der Waals surface area contributed by atoms with Crippen LogP contribution in [0.25, 0.3) is 11.0 Å². The van der Waals surface area contributed by atoms with Gasteiger partial charge in [-0.1, -0.05) is 31.9 Å². The van der Waals surface area contributed by atoms with E-state index in [0.717, 1.165) is 28.4 Å². The molecule has 2 aromatic rings. The fourth-order valence-corrected chi connectivity index (χ4v) is 1.96. The number of hydrogen-bond acceptors (Lipinski definition) is 2. The van der Waals surface area contributed by atoms with Crippen LogP contribution < -0.4 is 4.43 Å². The predicted octanol–water partition coefficient (Wildman–Crippen LogP) is 2.63. The topological polar surface area (TPSA) is 51.0 Å². The summed E-state index contributed by atoms with van der Waals surface area (Å²) in [5.74, 6) is 0. The maximum atomic E-state index is 12.0. The number of benzene rings is 1. The minimum atomic E-state index is 0.418. The first-order valence-corrected chi connectivity index (χ1v) is 5.97. The van der Waals surface area contributed by atoms with Crippen molar-refractivity contribution in [3.63, 3.8) is 0 Å². The van der Waals surface area contributed by atoms with E-state index < -0.39 is 0 Å². The van der Waals surface area contributed by atoms with Crippen LogP contribution >= 0.6 is 0 Å². The molecule has 0 saturated heterocycles. The summed E-state index contributed by atoms with van der Waals surface area (Å²) in [6.07, 6.45) is 5.17. The number of aromatic nitrogens is 2. The predicted molar refractivity (Wildman–Crippen MR) is 67.3 cm³/mol. The number of nitrogens with zero attached hydrogens (tertiary/aromatic N) is 2. The van der Waals surface area contributed by atoms with Crippen LogP contribution in [-0.2, 0) is 6.42 Å². The summed E-state index contributed by atoms with van der Waals surface area (Å²) in [5, 5.41) is 12.0. The molecular weight excluding hydrogens is 216 g/mol. The molecule has 0 N–H and O–H groups in total. The highest BCUT2D eigenvalue weighted by atomic mass is 16.5. The van der Waals surface area contributed by atoms with Crippen molar-refractivity contribution in [2.45, 2.75) is 32.6 Å². The second kappa shape index (κ2) is 4.99. The SMILES string of the molecule is CCCCCc1c[n+](=O)c2ccccc2n1[O-]. The molecule has 1 aromatic heterocycles. The van der Waals surface area contributed by atoms with Crippen LogP contribution in [0.15, 0.2) is 30.5 Å². The Morgan fingerprint density at radius 1 is 1.29 bits per heavy atom. The molecule has 0 amide bonds. The van der Waals surface area contributed by atoms with Crippen molar-refractivity contribution in [3.05, 3.63) is 46.3 Å². The summed E-state index contributed by atoms with van der Waals surface area (Å²) in [5.41, 5.74) is 1.41. The van der Waals surface area contributed by atoms with E-state index in [2.05, 4.69) is 6.92 Å². The van der Waals surface area contributed by atoms with E-state index in [0.29, 0.717) is 23.1 Å². The Labute approximate surface area is 99.7 Å². The Morgan fingerprint density at radius 3 is 2.82 bits per heavy atom. The van der Waals surface area contributed by atoms with E-state index >= 15 is 0 Å². The molecule has 4 heteroatoms. The molecule has 0 saturated carbocycles. The average molecular weight is 232 g/mol. The highest BCUT2D eigenvalue weighted by molar-refractivity contribution is 5.71. The molecule has 90 valence electrons. The zero-order valence-electron chi connectivity index (χ0n) is 9.93. The van der Waals surface area contributed by atoms with Crippen LogP contribution in [0.2, 0.25) is 0 Å². The third-order valence-electron chi connectivity index (χ3n) is 2.90. The molecule has 4 nitrogen and oxygen atoms in total. The summed E-state index contributed by atoms with van der Waals surface area (Å²) in [7, 11) is 0. The zero-order chi connectivity index (χ0) is 12.3. The van der Waals surface area contributed by atoms with E-state index in [1.54, 1.807) is 24.3 Å². The van der Waals surface area contributed by atoms with Gasteiger partial charge in [-0.25, -0.2) is 0 Å². The van der Waals surface area contributed by atoms with Crippen molar-refractivity contribution in [1.82, 2.24) is 4.73 Å². The molecule has 0 aliphatic heterocycles. The van der Waals surface area contributed by atoms with E-state index in [9.17, 15) is 10.1 Å². The fourth-order valence-electron chi connectivity index (χ4n) is 1.96. The average Bonchev–Trinajstić information content (AvgIpc) is 2.36. The Morgan fingerprint density at radius 2 is 2.06 bits per heavy atom. The molecule has 0 atom stereocenters. The van der Waals surface area contributed by atoms with E-state index in [-0.39, 0.29) is 0 Å². The van der Waals surface area contributed by atoms with Crippen LogP contribution in [0.4, 0.5) is 0 Å². The van der Waals surface area contributed by atoms with E-state index in [1.165, 1.54) is 6.20 Å². The van der Waals surface area contributed by atoms with Gasteiger partial charge in [-0.05, 0) is 18.9 Å². The quantitative estimate of drug-likeness (QED) is 0.601. The van der Waals surface area contributed by atoms with Gasteiger partial charge in [0.1, 0.15) is 5.52 Å². The first-order valence-electron chi connectivity index (χ1n) is 5.97. The molecule has 17 heavy (non-hydrogen) atoms.